The van der Waals surface area contributed by atoms with Gasteiger partial charge in [0, 0.05) is 23.0 Å². The highest BCUT2D eigenvalue weighted by Gasteiger charge is 2.37. The van der Waals surface area contributed by atoms with Crippen LogP contribution in [-0.2, 0) is 27.3 Å². The van der Waals surface area contributed by atoms with Crippen LogP contribution >= 0.6 is 0 Å². The van der Waals surface area contributed by atoms with E-state index < -0.39 is 6.04 Å². The van der Waals surface area contributed by atoms with Gasteiger partial charge in [-0.2, -0.15) is 0 Å². The number of rotatable bonds is 3. The lowest BCUT2D eigenvalue weighted by Crippen LogP contribution is -2.52. The van der Waals surface area contributed by atoms with Crippen molar-refractivity contribution in [3.63, 3.8) is 0 Å². The molecular weight excluding hydrogens is 342 g/mol. The van der Waals surface area contributed by atoms with E-state index in [-0.39, 0.29) is 11.9 Å². The van der Waals surface area contributed by atoms with Crippen molar-refractivity contribution in [3.8, 4) is 0 Å². The molecule has 1 amide bonds. The van der Waals surface area contributed by atoms with Gasteiger partial charge < -0.3 is 14.6 Å². The molecule has 3 heterocycles. The number of fused-ring (bicyclic) bond motifs is 3. The highest BCUT2D eigenvalue weighted by Crippen LogP contribution is 2.30. The minimum absolute atomic E-state index is 0.0107. The summed E-state index contributed by atoms with van der Waals surface area (Å²) in [6, 6.07) is 7.53. The molecule has 0 aliphatic carbocycles. The van der Waals surface area contributed by atoms with Crippen molar-refractivity contribution in [1.29, 1.82) is 0 Å². The number of hydrogen-bond donors (Lipinski definition) is 1. The second-order valence-electron chi connectivity index (χ2n) is 7.58. The van der Waals surface area contributed by atoms with Crippen LogP contribution in [0.4, 0.5) is 0 Å². The van der Waals surface area contributed by atoms with Gasteiger partial charge in [0.1, 0.15) is 6.04 Å². The third-order valence-electron chi connectivity index (χ3n) is 5.86. The highest BCUT2D eigenvalue weighted by atomic mass is 16.5. The summed E-state index contributed by atoms with van der Waals surface area (Å²) in [7, 11) is 1.39. The van der Waals surface area contributed by atoms with E-state index in [4.69, 9.17) is 4.74 Å². The van der Waals surface area contributed by atoms with Gasteiger partial charge in [0.2, 0.25) is 5.91 Å². The van der Waals surface area contributed by atoms with Crippen molar-refractivity contribution in [2.45, 2.75) is 44.7 Å². The van der Waals surface area contributed by atoms with E-state index in [0.29, 0.717) is 19.5 Å². The number of hydrogen-bond acceptors (Lipinski definition) is 4. The number of ether oxygens (including phenoxy) is 1. The van der Waals surface area contributed by atoms with Gasteiger partial charge in [0.05, 0.1) is 20.2 Å². The molecule has 0 radical (unpaired) electrons. The molecule has 1 saturated heterocycles. The Balaban J connectivity index is 1.59. The minimum Gasteiger partial charge on any atom is -0.467 e. The van der Waals surface area contributed by atoms with Gasteiger partial charge >= 0.3 is 5.97 Å². The van der Waals surface area contributed by atoms with Crippen LogP contribution in [0.25, 0.3) is 10.9 Å². The SMILES string of the molecule is COC(=O)C1Cc2c([nH]c3ccccc23)CN1C(=O)CN1CCCCCC1. The van der Waals surface area contributed by atoms with Crippen LogP contribution < -0.4 is 0 Å². The predicted octanol–water partition coefficient (Wildman–Crippen LogP) is 2.47. The molecule has 6 nitrogen and oxygen atoms in total. The summed E-state index contributed by atoms with van der Waals surface area (Å²) in [5.41, 5.74) is 3.20. The van der Waals surface area contributed by atoms with E-state index in [0.717, 1.165) is 48.1 Å². The monoisotopic (exact) mass is 369 g/mol. The topological polar surface area (TPSA) is 65.6 Å². The molecule has 0 bridgehead atoms. The van der Waals surface area contributed by atoms with E-state index in [2.05, 4.69) is 16.0 Å². The summed E-state index contributed by atoms with van der Waals surface area (Å²) in [4.78, 5) is 32.9. The number of para-hydroxylation sites is 1. The third-order valence-corrected chi connectivity index (χ3v) is 5.86. The lowest BCUT2D eigenvalue weighted by Gasteiger charge is -2.35. The van der Waals surface area contributed by atoms with E-state index in [1.165, 1.54) is 20.0 Å². The summed E-state index contributed by atoms with van der Waals surface area (Å²) in [5, 5.41) is 1.13. The van der Waals surface area contributed by atoms with Gasteiger partial charge in [-0.1, -0.05) is 31.0 Å². The Hall–Kier alpha value is -2.34. The van der Waals surface area contributed by atoms with Gasteiger partial charge in [-0.3, -0.25) is 9.69 Å². The lowest BCUT2D eigenvalue weighted by atomic mass is 9.96. The average molecular weight is 369 g/mol. The zero-order valence-electron chi connectivity index (χ0n) is 15.9. The molecule has 1 unspecified atom stereocenters. The Bertz CT molecular complexity index is 836. The van der Waals surface area contributed by atoms with Crippen LogP contribution in [0.15, 0.2) is 24.3 Å². The zero-order valence-corrected chi connectivity index (χ0v) is 15.9. The minimum atomic E-state index is -0.554. The Morgan fingerprint density at radius 3 is 2.63 bits per heavy atom. The van der Waals surface area contributed by atoms with Gasteiger partial charge in [-0.15, -0.1) is 0 Å². The van der Waals surface area contributed by atoms with Gasteiger partial charge in [-0.05, 0) is 37.6 Å². The molecule has 2 aromatic rings. The van der Waals surface area contributed by atoms with Crippen LogP contribution in [-0.4, -0.2) is 59.4 Å². The van der Waals surface area contributed by atoms with Crippen molar-refractivity contribution in [3.05, 3.63) is 35.5 Å². The Labute approximate surface area is 159 Å². The molecule has 4 rings (SSSR count). The smallest absolute Gasteiger partial charge is 0.328 e. The van der Waals surface area contributed by atoms with Crippen molar-refractivity contribution >= 4 is 22.8 Å². The molecule has 0 spiro atoms. The zero-order chi connectivity index (χ0) is 18.8. The first kappa shape index (κ1) is 18.0. The van der Waals surface area contributed by atoms with Crippen molar-refractivity contribution in [2.75, 3.05) is 26.7 Å². The number of amides is 1. The number of aromatic amines is 1. The number of esters is 1. The number of aromatic nitrogens is 1. The maximum absolute atomic E-state index is 13.1. The van der Waals surface area contributed by atoms with E-state index in [9.17, 15) is 9.59 Å². The second-order valence-corrected chi connectivity index (χ2v) is 7.58. The van der Waals surface area contributed by atoms with Gasteiger partial charge in [-0.25, -0.2) is 4.79 Å². The number of nitrogens with zero attached hydrogens (tertiary/aromatic N) is 2. The molecule has 6 heteroatoms. The van der Waals surface area contributed by atoms with Crippen LogP contribution in [0.2, 0.25) is 0 Å². The summed E-state index contributed by atoms with van der Waals surface area (Å²) in [6.07, 6.45) is 5.24. The molecule has 1 aromatic heterocycles. The largest absolute Gasteiger partial charge is 0.467 e. The fourth-order valence-corrected chi connectivity index (χ4v) is 4.39. The highest BCUT2D eigenvalue weighted by molar-refractivity contribution is 5.90. The lowest BCUT2D eigenvalue weighted by molar-refractivity contribution is -0.154. The normalized spacial score (nSPS) is 20.9. The predicted molar refractivity (Wildman–Crippen MR) is 103 cm³/mol. The van der Waals surface area contributed by atoms with Crippen LogP contribution in [0.3, 0.4) is 0 Å². The first-order valence-electron chi connectivity index (χ1n) is 9.85. The molecule has 1 N–H and O–H groups in total. The van der Waals surface area contributed by atoms with Crippen LogP contribution in [0.5, 0.6) is 0 Å². The maximum Gasteiger partial charge on any atom is 0.328 e. The molecule has 2 aliphatic rings. The van der Waals surface area contributed by atoms with Crippen molar-refractivity contribution in [2.24, 2.45) is 0 Å². The quantitative estimate of drug-likeness (QED) is 0.844. The first-order valence-corrected chi connectivity index (χ1v) is 9.85. The molecule has 1 aromatic carbocycles. The molecule has 144 valence electrons. The third kappa shape index (κ3) is 3.58. The molecule has 2 aliphatic heterocycles. The van der Waals surface area contributed by atoms with Crippen LogP contribution in [0, 0.1) is 0 Å². The fourth-order valence-electron chi connectivity index (χ4n) is 4.39. The maximum atomic E-state index is 13.1. The van der Waals surface area contributed by atoms with E-state index >= 15 is 0 Å². The number of H-pyrrole nitrogens is 1. The standard InChI is InChI=1S/C21H27N3O3/c1-27-21(26)19-12-16-15-8-4-5-9-17(15)22-18(16)13-24(19)20(25)14-23-10-6-2-3-7-11-23/h4-5,8-9,19,22H,2-3,6-7,10-14H2,1H3. The number of carbonyl (C=O) groups is 2. The summed E-state index contributed by atoms with van der Waals surface area (Å²) in [6.45, 7) is 2.72. The number of nitrogens with one attached hydrogen (secondary N) is 1. The van der Waals surface area contributed by atoms with Crippen molar-refractivity contribution < 1.29 is 14.3 Å². The van der Waals surface area contributed by atoms with E-state index in [1.807, 2.05) is 18.2 Å². The van der Waals surface area contributed by atoms with Crippen LogP contribution in [0.1, 0.15) is 36.9 Å². The van der Waals surface area contributed by atoms with E-state index in [1.54, 1.807) is 4.90 Å². The fraction of sp³-hybridized carbons (Fsp3) is 0.524. The van der Waals surface area contributed by atoms with Gasteiger partial charge in [0.15, 0.2) is 0 Å². The summed E-state index contributed by atoms with van der Waals surface area (Å²) < 4.78 is 5.03. The second kappa shape index (κ2) is 7.72. The van der Waals surface area contributed by atoms with Crippen molar-refractivity contribution in [1.82, 2.24) is 14.8 Å². The Kier molecular flexibility index (Phi) is 5.16. The molecule has 27 heavy (non-hydrogen) atoms. The molecule has 1 atom stereocenters. The summed E-state index contributed by atoms with van der Waals surface area (Å²) in [5.74, 6) is -0.327. The van der Waals surface area contributed by atoms with Gasteiger partial charge in [0.25, 0.3) is 0 Å². The Morgan fingerprint density at radius 1 is 1.15 bits per heavy atom. The molecule has 0 saturated carbocycles. The number of methoxy groups -OCH3 is 1. The average Bonchev–Trinajstić information content (AvgIpc) is 2.85. The summed E-state index contributed by atoms with van der Waals surface area (Å²) >= 11 is 0. The Morgan fingerprint density at radius 2 is 1.89 bits per heavy atom. The molecular formula is C21H27N3O3. The number of benzene rings is 1. The molecule has 1 fully saturated rings. The number of likely N-dealkylation sites (tertiary alicyclic amines) is 1. The number of carbonyl (C=O) groups excluding carboxylic acids is 2. The first-order chi connectivity index (χ1) is 13.2.